The van der Waals surface area contributed by atoms with Gasteiger partial charge in [-0.05, 0) is 30.7 Å². The summed E-state index contributed by atoms with van der Waals surface area (Å²) < 4.78 is 5.57. The second kappa shape index (κ2) is 4.41. The molecule has 0 amide bonds. The number of nitrogens with zero attached hydrogens (tertiary/aromatic N) is 1. The van der Waals surface area contributed by atoms with Crippen LogP contribution in [-0.4, -0.2) is 7.05 Å². The molecule has 1 heterocycles. The van der Waals surface area contributed by atoms with Gasteiger partial charge < -0.3 is 15.1 Å². The average molecular weight is 216 g/mol. The predicted octanol–water partition coefficient (Wildman–Crippen LogP) is 2.81. The van der Waals surface area contributed by atoms with Crippen LogP contribution in [0, 0.1) is 6.92 Å². The van der Waals surface area contributed by atoms with Crippen LogP contribution in [0.1, 0.15) is 11.3 Å². The quantitative estimate of drug-likeness (QED) is 0.857. The molecular weight excluding hydrogens is 200 g/mol. The minimum atomic E-state index is 0.554. The zero-order chi connectivity index (χ0) is 11.5. The maximum Gasteiger partial charge on any atom is 0.199 e. The van der Waals surface area contributed by atoms with Crippen LogP contribution in [0.4, 0.5) is 11.6 Å². The molecule has 1 aromatic carbocycles. The van der Waals surface area contributed by atoms with Gasteiger partial charge in [-0.1, -0.05) is 12.1 Å². The Morgan fingerprint density at radius 1 is 1.25 bits per heavy atom. The lowest BCUT2D eigenvalue weighted by atomic mass is 10.2. The molecule has 0 saturated carbocycles. The van der Waals surface area contributed by atoms with E-state index in [2.05, 4.69) is 6.07 Å². The predicted molar refractivity (Wildman–Crippen MR) is 65.8 cm³/mol. The molecule has 1 aromatic heterocycles. The molecule has 0 atom stereocenters. The summed E-state index contributed by atoms with van der Waals surface area (Å²) in [6, 6.07) is 12.0. The van der Waals surface area contributed by atoms with Crippen molar-refractivity contribution in [2.24, 2.45) is 5.73 Å². The summed E-state index contributed by atoms with van der Waals surface area (Å²) in [7, 11) is 1.98. The standard InChI is InChI=1S/C13H16N2O/c1-10-6-7-13(16-10)15(2)12-5-3-4-11(8-12)9-14/h3-8H,9,14H2,1-2H3. The molecule has 0 aliphatic heterocycles. The lowest BCUT2D eigenvalue weighted by molar-refractivity contribution is 0.538. The van der Waals surface area contributed by atoms with Crippen molar-refractivity contribution in [1.29, 1.82) is 0 Å². The Morgan fingerprint density at radius 3 is 2.69 bits per heavy atom. The first-order valence-electron chi connectivity index (χ1n) is 5.30. The summed E-state index contributed by atoms with van der Waals surface area (Å²) in [5, 5.41) is 0. The van der Waals surface area contributed by atoms with E-state index >= 15 is 0 Å². The third kappa shape index (κ3) is 2.09. The van der Waals surface area contributed by atoms with E-state index in [4.69, 9.17) is 10.2 Å². The highest BCUT2D eigenvalue weighted by atomic mass is 16.4. The molecule has 0 fully saturated rings. The molecule has 0 saturated heterocycles. The topological polar surface area (TPSA) is 42.4 Å². The molecule has 3 heteroatoms. The van der Waals surface area contributed by atoms with E-state index in [-0.39, 0.29) is 0 Å². The lowest BCUT2D eigenvalue weighted by Gasteiger charge is -2.16. The number of nitrogens with two attached hydrogens (primary N) is 1. The second-order valence-corrected chi connectivity index (χ2v) is 3.82. The first-order valence-corrected chi connectivity index (χ1v) is 5.30. The summed E-state index contributed by atoms with van der Waals surface area (Å²) in [5.41, 5.74) is 7.82. The highest BCUT2D eigenvalue weighted by Crippen LogP contribution is 2.25. The molecule has 2 N–H and O–H groups in total. The monoisotopic (exact) mass is 216 g/mol. The Kier molecular flexibility index (Phi) is 2.97. The van der Waals surface area contributed by atoms with Gasteiger partial charge in [-0.25, -0.2) is 0 Å². The number of benzene rings is 1. The second-order valence-electron chi connectivity index (χ2n) is 3.82. The first kappa shape index (κ1) is 10.8. The summed E-state index contributed by atoms with van der Waals surface area (Å²) >= 11 is 0. The van der Waals surface area contributed by atoms with Gasteiger partial charge in [-0.3, -0.25) is 0 Å². The van der Waals surface area contributed by atoms with Gasteiger partial charge in [0.05, 0.1) is 0 Å². The third-order valence-corrected chi connectivity index (χ3v) is 2.59. The van der Waals surface area contributed by atoms with E-state index in [0.29, 0.717) is 6.54 Å². The zero-order valence-electron chi connectivity index (χ0n) is 9.60. The van der Waals surface area contributed by atoms with Crippen molar-refractivity contribution in [2.75, 3.05) is 11.9 Å². The van der Waals surface area contributed by atoms with Gasteiger partial charge >= 0.3 is 0 Å². The van der Waals surface area contributed by atoms with Gasteiger partial charge in [0.2, 0.25) is 0 Å². The van der Waals surface area contributed by atoms with Crippen molar-refractivity contribution in [3.05, 3.63) is 47.7 Å². The maximum atomic E-state index is 5.62. The average Bonchev–Trinajstić information content (AvgIpc) is 2.75. The van der Waals surface area contributed by atoms with Crippen molar-refractivity contribution >= 4 is 11.6 Å². The Morgan fingerprint density at radius 2 is 2.06 bits per heavy atom. The Labute approximate surface area is 95.5 Å². The highest BCUT2D eigenvalue weighted by Gasteiger charge is 2.07. The van der Waals surface area contributed by atoms with Gasteiger partial charge in [0, 0.05) is 25.3 Å². The molecule has 84 valence electrons. The molecular formula is C13H16N2O. The Bertz CT molecular complexity index is 476. The van der Waals surface area contributed by atoms with Crippen LogP contribution in [-0.2, 0) is 6.54 Å². The van der Waals surface area contributed by atoms with Crippen molar-refractivity contribution < 1.29 is 4.42 Å². The minimum Gasteiger partial charge on any atom is -0.446 e. The van der Waals surface area contributed by atoms with E-state index < -0.39 is 0 Å². The van der Waals surface area contributed by atoms with Crippen LogP contribution in [0.5, 0.6) is 0 Å². The summed E-state index contributed by atoms with van der Waals surface area (Å²) in [4.78, 5) is 2.01. The van der Waals surface area contributed by atoms with Crippen LogP contribution < -0.4 is 10.6 Å². The molecule has 0 aliphatic rings. The number of rotatable bonds is 3. The number of anilines is 2. The van der Waals surface area contributed by atoms with Gasteiger partial charge in [0.15, 0.2) is 5.88 Å². The summed E-state index contributed by atoms with van der Waals surface area (Å²) in [6.45, 7) is 2.49. The van der Waals surface area contributed by atoms with Gasteiger partial charge in [-0.2, -0.15) is 0 Å². The van der Waals surface area contributed by atoms with E-state index in [1.165, 1.54) is 0 Å². The van der Waals surface area contributed by atoms with Crippen molar-refractivity contribution in [3.63, 3.8) is 0 Å². The molecule has 0 unspecified atom stereocenters. The third-order valence-electron chi connectivity index (χ3n) is 2.59. The summed E-state index contributed by atoms with van der Waals surface area (Å²) in [5.74, 6) is 1.75. The highest BCUT2D eigenvalue weighted by molar-refractivity contribution is 5.58. The molecule has 3 nitrogen and oxygen atoms in total. The van der Waals surface area contributed by atoms with Gasteiger partial charge in [0.1, 0.15) is 5.76 Å². The van der Waals surface area contributed by atoms with Crippen molar-refractivity contribution in [2.45, 2.75) is 13.5 Å². The summed E-state index contributed by atoms with van der Waals surface area (Å²) in [6.07, 6.45) is 0. The van der Waals surface area contributed by atoms with Gasteiger partial charge in [-0.15, -0.1) is 0 Å². The maximum absolute atomic E-state index is 5.62. The fourth-order valence-electron chi connectivity index (χ4n) is 1.62. The normalized spacial score (nSPS) is 10.4. The van der Waals surface area contributed by atoms with Crippen LogP contribution in [0.15, 0.2) is 40.8 Å². The zero-order valence-corrected chi connectivity index (χ0v) is 9.60. The van der Waals surface area contributed by atoms with E-state index in [1.807, 2.05) is 49.2 Å². The minimum absolute atomic E-state index is 0.554. The first-order chi connectivity index (χ1) is 7.70. The lowest BCUT2D eigenvalue weighted by Crippen LogP contribution is -2.09. The smallest absolute Gasteiger partial charge is 0.199 e. The molecule has 0 aliphatic carbocycles. The molecule has 2 rings (SSSR count). The van der Waals surface area contributed by atoms with Gasteiger partial charge in [0.25, 0.3) is 0 Å². The van der Waals surface area contributed by atoms with Crippen LogP contribution in [0.25, 0.3) is 0 Å². The van der Waals surface area contributed by atoms with Crippen LogP contribution >= 0.6 is 0 Å². The molecule has 0 radical (unpaired) electrons. The molecule has 0 bridgehead atoms. The van der Waals surface area contributed by atoms with E-state index in [1.54, 1.807) is 0 Å². The fourth-order valence-corrected chi connectivity index (χ4v) is 1.62. The van der Waals surface area contributed by atoms with Crippen molar-refractivity contribution in [3.8, 4) is 0 Å². The number of aryl methyl sites for hydroxylation is 1. The SMILES string of the molecule is Cc1ccc(N(C)c2cccc(CN)c2)o1. The molecule has 2 aromatic rings. The fraction of sp³-hybridized carbons (Fsp3) is 0.231. The van der Waals surface area contributed by atoms with Crippen LogP contribution in [0.3, 0.4) is 0 Å². The largest absolute Gasteiger partial charge is 0.446 e. The number of hydrogen-bond donors (Lipinski definition) is 1. The number of hydrogen-bond acceptors (Lipinski definition) is 3. The Balaban J connectivity index is 2.29. The molecule has 0 spiro atoms. The van der Waals surface area contributed by atoms with Crippen molar-refractivity contribution in [1.82, 2.24) is 0 Å². The number of furan rings is 1. The van der Waals surface area contributed by atoms with E-state index in [9.17, 15) is 0 Å². The van der Waals surface area contributed by atoms with E-state index in [0.717, 1.165) is 22.9 Å². The van der Waals surface area contributed by atoms with Crippen LogP contribution in [0.2, 0.25) is 0 Å². The molecule has 16 heavy (non-hydrogen) atoms. The Hall–Kier alpha value is -1.74.